The van der Waals surface area contributed by atoms with Crippen molar-refractivity contribution in [3.8, 4) is 0 Å². The third-order valence-electron chi connectivity index (χ3n) is 1.60. The average Bonchev–Trinajstić information content (AvgIpc) is 2.13. The summed E-state index contributed by atoms with van der Waals surface area (Å²) in [6.07, 6.45) is -0.888. The van der Waals surface area contributed by atoms with Crippen LogP contribution in [0, 0.1) is 0 Å². The first-order chi connectivity index (χ1) is 6.47. The Kier molecular flexibility index (Phi) is 5.58. The van der Waals surface area contributed by atoms with Crippen LogP contribution in [0.4, 0.5) is 0 Å². The van der Waals surface area contributed by atoms with Crippen LogP contribution in [-0.2, 0) is 4.79 Å². The van der Waals surface area contributed by atoms with Crippen molar-refractivity contribution in [3.05, 3.63) is 0 Å². The van der Waals surface area contributed by atoms with E-state index < -0.39 is 18.1 Å². The number of nitrogens with one attached hydrogen (secondary N) is 1. The molecule has 7 heteroatoms. The number of aliphatic hydroxyl groups is 1. The number of hydrogen-bond acceptors (Lipinski definition) is 4. The molecule has 0 saturated carbocycles. The summed E-state index contributed by atoms with van der Waals surface area (Å²) in [6.45, 7) is 0.129. The van der Waals surface area contributed by atoms with Crippen LogP contribution >= 0.6 is 0 Å². The van der Waals surface area contributed by atoms with E-state index in [4.69, 9.17) is 16.6 Å². The molecule has 0 unspecified atom stereocenters. The summed E-state index contributed by atoms with van der Waals surface area (Å²) in [7, 11) is 1.50. The molecule has 0 spiro atoms. The molecule has 0 aromatic carbocycles. The zero-order valence-corrected chi connectivity index (χ0v) is 7.97. The molecule has 0 bridgehead atoms. The van der Waals surface area contributed by atoms with E-state index in [0.717, 1.165) is 0 Å². The number of carbonyl (C=O) groups is 1. The van der Waals surface area contributed by atoms with E-state index in [0.29, 0.717) is 0 Å². The van der Waals surface area contributed by atoms with Gasteiger partial charge < -0.3 is 27.0 Å². The van der Waals surface area contributed by atoms with Crippen molar-refractivity contribution < 1.29 is 15.0 Å². The summed E-state index contributed by atoms with van der Waals surface area (Å²) in [4.78, 5) is 13.9. The van der Waals surface area contributed by atoms with Gasteiger partial charge in [-0.1, -0.05) is 0 Å². The van der Waals surface area contributed by atoms with E-state index in [-0.39, 0.29) is 18.9 Å². The van der Waals surface area contributed by atoms with Crippen molar-refractivity contribution in [3.63, 3.8) is 0 Å². The van der Waals surface area contributed by atoms with Crippen LogP contribution in [0.15, 0.2) is 4.99 Å². The second-order valence-corrected chi connectivity index (χ2v) is 2.82. The summed E-state index contributed by atoms with van der Waals surface area (Å²) >= 11 is 0. The molecule has 0 aromatic rings. The Bertz CT molecular complexity index is 219. The van der Waals surface area contributed by atoms with E-state index in [1.165, 1.54) is 7.05 Å². The molecule has 7 nitrogen and oxygen atoms in total. The fourth-order valence-corrected chi connectivity index (χ4v) is 0.779. The predicted octanol–water partition coefficient (Wildman–Crippen LogP) is -2.32. The molecule has 14 heavy (non-hydrogen) atoms. The number of nitrogens with two attached hydrogens (primary N) is 2. The number of rotatable bonds is 5. The van der Waals surface area contributed by atoms with Gasteiger partial charge in [-0.25, -0.2) is 0 Å². The molecular weight excluding hydrogens is 188 g/mol. The molecule has 0 saturated heterocycles. The van der Waals surface area contributed by atoms with Gasteiger partial charge in [0.2, 0.25) is 0 Å². The second-order valence-electron chi connectivity index (χ2n) is 2.82. The first-order valence-electron chi connectivity index (χ1n) is 4.10. The predicted molar refractivity (Wildman–Crippen MR) is 51.8 cm³/mol. The summed E-state index contributed by atoms with van der Waals surface area (Å²) in [5, 5.41) is 20.4. The zero-order valence-electron chi connectivity index (χ0n) is 7.97. The third kappa shape index (κ3) is 5.33. The van der Waals surface area contributed by atoms with E-state index in [1.807, 2.05) is 0 Å². The van der Waals surface area contributed by atoms with Crippen molar-refractivity contribution in [2.24, 2.45) is 16.5 Å². The minimum absolute atomic E-state index is 0.0284. The highest BCUT2D eigenvalue weighted by Crippen LogP contribution is 1.94. The van der Waals surface area contributed by atoms with E-state index in [1.54, 1.807) is 0 Å². The minimum Gasteiger partial charge on any atom is -0.480 e. The average molecular weight is 204 g/mol. The van der Waals surface area contributed by atoms with E-state index in [2.05, 4.69) is 10.3 Å². The lowest BCUT2D eigenvalue weighted by molar-refractivity contribution is -0.139. The van der Waals surface area contributed by atoms with Gasteiger partial charge >= 0.3 is 5.97 Å². The lowest BCUT2D eigenvalue weighted by atomic mass is 10.1. The Morgan fingerprint density at radius 3 is 2.64 bits per heavy atom. The van der Waals surface area contributed by atoms with E-state index >= 15 is 0 Å². The highest BCUT2D eigenvalue weighted by atomic mass is 16.4. The monoisotopic (exact) mass is 204 g/mol. The summed E-state index contributed by atoms with van der Waals surface area (Å²) in [5.74, 6) is -0.950. The largest absolute Gasteiger partial charge is 0.480 e. The lowest BCUT2D eigenvalue weighted by Gasteiger charge is -2.14. The molecule has 0 heterocycles. The molecule has 0 aromatic heterocycles. The van der Waals surface area contributed by atoms with Crippen molar-refractivity contribution in [2.45, 2.75) is 18.6 Å². The maximum Gasteiger partial charge on any atom is 0.320 e. The smallest absolute Gasteiger partial charge is 0.320 e. The molecule has 0 fully saturated rings. The van der Waals surface area contributed by atoms with Gasteiger partial charge in [0.1, 0.15) is 6.04 Å². The molecule has 0 radical (unpaired) electrons. The number of guanidine groups is 1. The van der Waals surface area contributed by atoms with Gasteiger partial charge in [-0.15, -0.1) is 0 Å². The Balaban J connectivity index is 3.76. The van der Waals surface area contributed by atoms with Crippen molar-refractivity contribution in [1.29, 1.82) is 0 Å². The summed E-state index contributed by atoms with van der Waals surface area (Å²) in [5.41, 5.74) is 10.5. The van der Waals surface area contributed by atoms with Gasteiger partial charge in [0, 0.05) is 20.0 Å². The molecule has 0 aliphatic carbocycles. The molecule has 0 amide bonds. The van der Waals surface area contributed by atoms with Gasteiger partial charge in [-0.2, -0.15) is 0 Å². The molecule has 0 aliphatic rings. The minimum atomic E-state index is -1.14. The lowest BCUT2D eigenvalue weighted by Crippen LogP contribution is -2.41. The quantitative estimate of drug-likeness (QED) is 0.252. The van der Waals surface area contributed by atoms with Crippen LogP contribution in [0.5, 0.6) is 0 Å². The summed E-state index contributed by atoms with van der Waals surface area (Å²) < 4.78 is 0. The molecule has 0 aliphatic heterocycles. The fourth-order valence-electron chi connectivity index (χ4n) is 0.779. The SMILES string of the molecule is CN=C(N)NC[C@@H](O)C[C@H](N)C(=O)O. The standard InChI is InChI=1S/C7H16N4O3/c1-10-7(9)11-3-4(12)2-5(8)6(13)14/h4-5,12H,2-3,8H2,1H3,(H,13,14)(H3,9,10,11)/t4-,5-/m0/s1. The number of nitrogens with zero attached hydrogens (tertiary/aromatic N) is 1. The number of aliphatic hydroxyl groups excluding tert-OH is 1. The van der Waals surface area contributed by atoms with Crippen LogP contribution in [0.3, 0.4) is 0 Å². The zero-order chi connectivity index (χ0) is 11.1. The van der Waals surface area contributed by atoms with Crippen molar-refractivity contribution >= 4 is 11.9 Å². The van der Waals surface area contributed by atoms with Gasteiger partial charge in [-0.05, 0) is 0 Å². The van der Waals surface area contributed by atoms with Gasteiger partial charge in [0.15, 0.2) is 5.96 Å². The second kappa shape index (κ2) is 6.17. The summed E-state index contributed by atoms with van der Waals surface area (Å²) in [6, 6.07) is -1.06. The fraction of sp³-hybridized carbons (Fsp3) is 0.714. The normalized spacial score (nSPS) is 16.1. The maximum absolute atomic E-state index is 10.3. The van der Waals surface area contributed by atoms with Crippen LogP contribution in [0.25, 0.3) is 0 Å². The number of hydrogen-bond donors (Lipinski definition) is 5. The van der Waals surface area contributed by atoms with E-state index in [9.17, 15) is 9.90 Å². The Morgan fingerprint density at radius 1 is 1.64 bits per heavy atom. The first-order valence-corrected chi connectivity index (χ1v) is 4.10. The van der Waals surface area contributed by atoms with Crippen molar-refractivity contribution in [2.75, 3.05) is 13.6 Å². The Hall–Kier alpha value is -1.34. The number of carboxylic acid groups (broad SMARTS) is 1. The molecule has 7 N–H and O–H groups in total. The van der Waals surface area contributed by atoms with Crippen molar-refractivity contribution in [1.82, 2.24) is 5.32 Å². The van der Waals surface area contributed by atoms with Gasteiger partial charge in [0.05, 0.1) is 6.10 Å². The number of carboxylic acids is 1. The third-order valence-corrected chi connectivity index (χ3v) is 1.60. The van der Waals surface area contributed by atoms with Crippen LogP contribution in [0.1, 0.15) is 6.42 Å². The molecule has 0 rings (SSSR count). The topological polar surface area (TPSA) is 134 Å². The van der Waals surface area contributed by atoms with Gasteiger partial charge in [-0.3, -0.25) is 9.79 Å². The highest BCUT2D eigenvalue weighted by Gasteiger charge is 2.16. The number of aliphatic carboxylic acids is 1. The Morgan fingerprint density at radius 2 is 2.21 bits per heavy atom. The Labute approximate surface area is 81.8 Å². The number of aliphatic imine (C=N–C) groups is 1. The highest BCUT2D eigenvalue weighted by molar-refractivity contribution is 5.77. The maximum atomic E-state index is 10.3. The van der Waals surface area contributed by atoms with Crippen LogP contribution in [-0.4, -0.2) is 47.9 Å². The molecular formula is C7H16N4O3. The van der Waals surface area contributed by atoms with Crippen LogP contribution < -0.4 is 16.8 Å². The van der Waals surface area contributed by atoms with Crippen LogP contribution in [0.2, 0.25) is 0 Å². The molecule has 2 atom stereocenters. The first kappa shape index (κ1) is 12.7. The van der Waals surface area contributed by atoms with Gasteiger partial charge in [0.25, 0.3) is 0 Å². The molecule has 82 valence electrons.